The molecule has 2 aromatic heterocycles. The fourth-order valence-corrected chi connectivity index (χ4v) is 4.04. The Morgan fingerprint density at radius 3 is 2.58 bits per heavy atom. The smallest absolute Gasteiger partial charge is 0.191 e. The van der Waals surface area contributed by atoms with Crippen LogP contribution in [0.4, 0.5) is 0 Å². The molecule has 0 radical (unpaired) electrons. The van der Waals surface area contributed by atoms with Gasteiger partial charge in [0.1, 0.15) is 5.75 Å². The molecule has 0 aliphatic carbocycles. The molecule has 8 nitrogen and oxygen atoms in total. The number of hydrogen-bond acceptors (Lipinski definition) is 5. The highest BCUT2D eigenvalue weighted by molar-refractivity contribution is 14.0. The number of methoxy groups -OCH3 is 1. The second-order valence-electron chi connectivity index (χ2n) is 7.81. The lowest BCUT2D eigenvalue weighted by Crippen LogP contribution is -2.42. The highest BCUT2D eigenvalue weighted by atomic mass is 127. The van der Waals surface area contributed by atoms with Crippen LogP contribution in [-0.4, -0.2) is 59.4 Å². The Balaban J connectivity index is 0.00000306. The molecule has 9 heteroatoms. The van der Waals surface area contributed by atoms with E-state index in [-0.39, 0.29) is 30.0 Å². The van der Waals surface area contributed by atoms with Gasteiger partial charge in [0.15, 0.2) is 11.8 Å². The van der Waals surface area contributed by atoms with Gasteiger partial charge in [0, 0.05) is 38.7 Å². The maximum atomic E-state index is 5.33. The molecule has 0 saturated carbocycles. The lowest BCUT2D eigenvalue weighted by Gasteiger charge is -2.29. The van der Waals surface area contributed by atoms with Crippen molar-refractivity contribution in [1.29, 1.82) is 0 Å². The molecule has 0 spiro atoms. The molecule has 2 N–H and O–H groups in total. The van der Waals surface area contributed by atoms with E-state index in [1.165, 1.54) is 18.4 Å². The van der Waals surface area contributed by atoms with Crippen molar-refractivity contribution in [2.24, 2.45) is 4.99 Å². The molecular weight excluding hydrogens is 529 g/mol. The summed E-state index contributed by atoms with van der Waals surface area (Å²) in [6.45, 7) is 3.67. The van der Waals surface area contributed by atoms with Crippen LogP contribution in [-0.2, 0) is 6.54 Å². The summed E-state index contributed by atoms with van der Waals surface area (Å²) in [6, 6.07) is 14.6. The Hall–Kier alpha value is -2.66. The van der Waals surface area contributed by atoms with E-state index in [9.17, 15) is 0 Å². The summed E-state index contributed by atoms with van der Waals surface area (Å²) in [5, 5.41) is 11.2. The van der Waals surface area contributed by atoms with E-state index in [0.717, 1.165) is 42.7 Å². The number of pyridine rings is 1. The molecule has 1 fully saturated rings. The molecule has 1 saturated heterocycles. The molecule has 0 bridgehead atoms. The topological polar surface area (TPSA) is 79.6 Å². The average molecular weight is 561 g/mol. The highest BCUT2D eigenvalue weighted by Gasteiger charge is 2.23. The second kappa shape index (κ2) is 12.5. The van der Waals surface area contributed by atoms with E-state index in [2.05, 4.69) is 42.7 Å². The zero-order chi connectivity index (χ0) is 22.2. The molecule has 33 heavy (non-hydrogen) atoms. The Morgan fingerprint density at radius 2 is 1.91 bits per heavy atom. The first-order valence-electron chi connectivity index (χ1n) is 11.0. The number of nitrogens with one attached hydrogen (secondary N) is 2. The van der Waals surface area contributed by atoms with Crippen LogP contribution in [0, 0.1) is 0 Å². The SMILES string of the molecule is CN=C(NCc1ccnc(-n2cccn2)c1)NCC(c1ccc(OC)cc1)N1CCCC1.I. The van der Waals surface area contributed by atoms with E-state index < -0.39 is 0 Å². The average Bonchev–Trinajstić information content (AvgIpc) is 3.57. The summed E-state index contributed by atoms with van der Waals surface area (Å²) in [5.74, 6) is 2.46. The number of hydrogen-bond donors (Lipinski definition) is 2. The van der Waals surface area contributed by atoms with Gasteiger partial charge in [0.2, 0.25) is 0 Å². The van der Waals surface area contributed by atoms with Crippen molar-refractivity contribution in [1.82, 2.24) is 30.3 Å². The van der Waals surface area contributed by atoms with Crippen LogP contribution in [0.1, 0.15) is 30.0 Å². The van der Waals surface area contributed by atoms with Gasteiger partial charge in [-0.05, 0) is 67.4 Å². The van der Waals surface area contributed by atoms with Crippen LogP contribution >= 0.6 is 24.0 Å². The van der Waals surface area contributed by atoms with Crippen molar-refractivity contribution in [2.45, 2.75) is 25.4 Å². The van der Waals surface area contributed by atoms with Gasteiger partial charge in [-0.1, -0.05) is 12.1 Å². The summed E-state index contributed by atoms with van der Waals surface area (Å²) in [7, 11) is 3.50. The number of ether oxygens (including phenoxy) is 1. The van der Waals surface area contributed by atoms with Crippen LogP contribution in [0.25, 0.3) is 5.82 Å². The standard InChI is InChI=1S/C24H31N7O.HI/c1-25-24(27-17-19-10-12-26-23(16-19)31-15-5-11-29-31)28-18-22(30-13-3-4-14-30)20-6-8-21(32-2)9-7-20;/h5-12,15-16,22H,3-4,13-14,17-18H2,1-2H3,(H2,25,27,28);1H. The van der Waals surface area contributed by atoms with Gasteiger partial charge in [0.25, 0.3) is 0 Å². The molecule has 1 aliphatic heterocycles. The number of guanidine groups is 1. The lowest BCUT2D eigenvalue weighted by atomic mass is 10.1. The molecule has 1 atom stereocenters. The van der Waals surface area contributed by atoms with Gasteiger partial charge >= 0.3 is 0 Å². The number of halogens is 1. The first-order valence-corrected chi connectivity index (χ1v) is 11.0. The van der Waals surface area contributed by atoms with E-state index in [1.807, 2.05) is 36.5 Å². The molecule has 3 heterocycles. The summed E-state index contributed by atoms with van der Waals surface area (Å²) in [6.07, 6.45) is 7.94. The van der Waals surface area contributed by atoms with Crippen molar-refractivity contribution >= 4 is 29.9 Å². The second-order valence-corrected chi connectivity index (χ2v) is 7.81. The highest BCUT2D eigenvalue weighted by Crippen LogP contribution is 2.26. The zero-order valence-electron chi connectivity index (χ0n) is 19.1. The van der Waals surface area contributed by atoms with Crippen LogP contribution < -0.4 is 15.4 Å². The van der Waals surface area contributed by atoms with Crippen LogP contribution in [0.3, 0.4) is 0 Å². The first kappa shape index (κ1) is 25.0. The van der Waals surface area contributed by atoms with E-state index in [4.69, 9.17) is 4.74 Å². The first-order chi connectivity index (χ1) is 15.8. The summed E-state index contributed by atoms with van der Waals surface area (Å²) in [5.41, 5.74) is 2.40. The fraction of sp³-hybridized carbons (Fsp3) is 0.375. The molecular formula is C24H32IN7O. The van der Waals surface area contributed by atoms with E-state index in [1.54, 1.807) is 31.2 Å². The third kappa shape index (κ3) is 6.67. The maximum Gasteiger partial charge on any atom is 0.191 e. The minimum absolute atomic E-state index is 0. The maximum absolute atomic E-state index is 5.33. The van der Waals surface area contributed by atoms with E-state index in [0.29, 0.717) is 6.54 Å². The minimum atomic E-state index is 0. The van der Waals surface area contributed by atoms with Gasteiger partial charge in [-0.15, -0.1) is 24.0 Å². The Bertz CT molecular complexity index is 1000. The number of aliphatic imine (C=N–C) groups is 1. The van der Waals surface area contributed by atoms with Crippen molar-refractivity contribution in [2.75, 3.05) is 33.8 Å². The predicted molar refractivity (Wildman–Crippen MR) is 142 cm³/mol. The van der Waals surface area contributed by atoms with Gasteiger partial charge in [-0.3, -0.25) is 9.89 Å². The quantitative estimate of drug-likeness (QED) is 0.250. The van der Waals surface area contributed by atoms with Crippen molar-refractivity contribution in [3.05, 3.63) is 72.2 Å². The van der Waals surface area contributed by atoms with Gasteiger partial charge in [-0.25, -0.2) is 9.67 Å². The van der Waals surface area contributed by atoms with Gasteiger partial charge in [-0.2, -0.15) is 5.10 Å². The van der Waals surface area contributed by atoms with Crippen molar-refractivity contribution < 1.29 is 4.74 Å². The predicted octanol–water partition coefficient (Wildman–Crippen LogP) is 3.40. The van der Waals surface area contributed by atoms with Gasteiger partial charge < -0.3 is 15.4 Å². The molecule has 176 valence electrons. The lowest BCUT2D eigenvalue weighted by molar-refractivity contribution is 0.245. The number of benzene rings is 1. The normalized spacial score (nSPS) is 15.0. The third-order valence-corrected chi connectivity index (χ3v) is 5.78. The molecule has 1 aliphatic rings. The van der Waals surface area contributed by atoms with Crippen molar-refractivity contribution in [3.63, 3.8) is 0 Å². The Labute approximate surface area is 212 Å². The Morgan fingerprint density at radius 1 is 1.12 bits per heavy atom. The van der Waals surface area contributed by atoms with Crippen LogP contribution in [0.2, 0.25) is 0 Å². The monoisotopic (exact) mass is 561 g/mol. The van der Waals surface area contributed by atoms with E-state index >= 15 is 0 Å². The third-order valence-electron chi connectivity index (χ3n) is 5.78. The molecule has 3 aromatic rings. The summed E-state index contributed by atoms with van der Waals surface area (Å²) in [4.78, 5) is 11.4. The summed E-state index contributed by atoms with van der Waals surface area (Å²) < 4.78 is 7.08. The number of nitrogens with zero attached hydrogens (tertiary/aromatic N) is 5. The van der Waals surface area contributed by atoms with Gasteiger partial charge in [0.05, 0.1) is 13.2 Å². The van der Waals surface area contributed by atoms with Crippen molar-refractivity contribution in [3.8, 4) is 11.6 Å². The summed E-state index contributed by atoms with van der Waals surface area (Å²) >= 11 is 0. The zero-order valence-corrected chi connectivity index (χ0v) is 21.5. The largest absolute Gasteiger partial charge is 0.497 e. The fourth-order valence-electron chi connectivity index (χ4n) is 4.04. The van der Waals surface area contributed by atoms with Crippen LogP contribution in [0.15, 0.2) is 66.0 Å². The number of aromatic nitrogens is 3. The number of likely N-dealkylation sites (tertiary alicyclic amines) is 1. The molecule has 1 unspecified atom stereocenters. The number of rotatable bonds is 8. The Kier molecular flexibility index (Phi) is 9.49. The van der Waals surface area contributed by atoms with Crippen LogP contribution in [0.5, 0.6) is 5.75 Å². The molecule has 1 aromatic carbocycles. The minimum Gasteiger partial charge on any atom is -0.497 e. The molecule has 4 rings (SSSR count). The molecule has 0 amide bonds.